The lowest BCUT2D eigenvalue weighted by Gasteiger charge is -2.24. The van der Waals surface area contributed by atoms with Crippen LogP contribution in [0.5, 0.6) is 0 Å². The van der Waals surface area contributed by atoms with Crippen LogP contribution in [-0.2, 0) is 4.79 Å². The highest BCUT2D eigenvalue weighted by Gasteiger charge is 2.36. The molecule has 1 aliphatic carbocycles. The summed E-state index contributed by atoms with van der Waals surface area (Å²) in [5.74, 6) is -0.0103. The first kappa shape index (κ1) is 13.2. The van der Waals surface area contributed by atoms with E-state index in [2.05, 4.69) is 5.32 Å². The van der Waals surface area contributed by atoms with Crippen molar-refractivity contribution in [3.8, 4) is 0 Å². The fourth-order valence-corrected chi connectivity index (χ4v) is 2.67. The number of hydrogen-bond donors (Lipinski definition) is 1. The Kier molecular flexibility index (Phi) is 3.47. The standard InChI is InChI=1S/C16H20N2O2/c1-11-4-6-12(7-5-11)16(20)18-10-2-3-14(18)15(19)17-13-8-9-13/h4-7,13-14H,2-3,8-10H2,1H3,(H,17,19)/t14-/m0/s1. The van der Waals surface area contributed by atoms with E-state index in [1.165, 1.54) is 0 Å². The molecule has 2 amide bonds. The molecule has 1 heterocycles. The third-order valence-electron chi connectivity index (χ3n) is 4.04. The second kappa shape index (κ2) is 5.27. The van der Waals surface area contributed by atoms with Crippen LogP contribution in [0.4, 0.5) is 0 Å². The van der Waals surface area contributed by atoms with Gasteiger partial charge in [-0.2, -0.15) is 0 Å². The SMILES string of the molecule is Cc1ccc(C(=O)N2CCC[C@H]2C(=O)NC2CC2)cc1. The largest absolute Gasteiger partial charge is 0.352 e. The van der Waals surface area contributed by atoms with Crippen LogP contribution < -0.4 is 5.32 Å². The zero-order valence-corrected chi connectivity index (χ0v) is 11.8. The number of rotatable bonds is 3. The van der Waals surface area contributed by atoms with Gasteiger partial charge in [0.1, 0.15) is 6.04 Å². The molecule has 1 atom stereocenters. The molecule has 0 unspecified atom stereocenters. The molecule has 4 nitrogen and oxygen atoms in total. The molecule has 0 radical (unpaired) electrons. The number of nitrogens with one attached hydrogen (secondary N) is 1. The molecule has 1 aliphatic heterocycles. The Bertz CT molecular complexity index is 520. The maximum atomic E-state index is 12.5. The third-order valence-corrected chi connectivity index (χ3v) is 4.04. The van der Waals surface area contributed by atoms with Crippen molar-refractivity contribution in [2.45, 2.75) is 44.7 Å². The van der Waals surface area contributed by atoms with Crippen LogP contribution in [-0.4, -0.2) is 35.3 Å². The summed E-state index contributed by atoms with van der Waals surface area (Å²) in [4.78, 5) is 26.4. The molecule has 0 bridgehead atoms. The van der Waals surface area contributed by atoms with Crippen molar-refractivity contribution in [2.75, 3.05) is 6.54 Å². The van der Waals surface area contributed by atoms with Gasteiger partial charge in [-0.05, 0) is 44.7 Å². The monoisotopic (exact) mass is 272 g/mol. The lowest BCUT2D eigenvalue weighted by atomic mass is 10.1. The van der Waals surface area contributed by atoms with Crippen LogP contribution >= 0.6 is 0 Å². The van der Waals surface area contributed by atoms with Crippen LogP contribution in [0.15, 0.2) is 24.3 Å². The van der Waals surface area contributed by atoms with Gasteiger partial charge in [-0.1, -0.05) is 17.7 Å². The second-order valence-corrected chi connectivity index (χ2v) is 5.81. The molecular weight excluding hydrogens is 252 g/mol. The molecule has 0 aromatic heterocycles. The van der Waals surface area contributed by atoms with Crippen molar-refractivity contribution in [1.29, 1.82) is 0 Å². The molecule has 2 aliphatic rings. The molecule has 1 aromatic carbocycles. The van der Waals surface area contributed by atoms with E-state index in [0.29, 0.717) is 18.2 Å². The van der Waals surface area contributed by atoms with E-state index in [1.807, 2.05) is 31.2 Å². The predicted molar refractivity (Wildman–Crippen MR) is 76.4 cm³/mol. The Hall–Kier alpha value is -1.84. The smallest absolute Gasteiger partial charge is 0.254 e. The first-order chi connectivity index (χ1) is 9.65. The van der Waals surface area contributed by atoms with Crippen molar-refractivity contribution in [3.05, 3.63) is 35.4 Å². The number of carbonyl (C=O) groups is 2. The second-order valence-electron chi connectivity index (χ2n) is 5.81. The van der Waals surface area contributed by atoms with Gasteiger partial charge in [-0.3, -0.25) is 9.59 Å². The van der Waals surface area contributed by atoms with Gasteiger partial charge in [0.15, 0.2) is 0 Å². The summed E-state index contributed by atoms with van der Waals surface area (Å²) in [5.41, 5.74) is 1.80. The maximum absolute atomic E-state index is 12.5. The van der Waals surface area contributed by atoms with Gasteiger partial charge >= 0.3 is 0 Å². The van der Waals surface area contributed by atoms with Gasteiger partial charge in [0.05, 0.1) is 0 Å². The number of benzene rings is 1. The summed E-state index contributed by atoms with van der Waals surface area (Å²) < 4.78 is 0. The van der Waals surface area contributed by atoms with E-state index in [0.717, 1.165) is 31.2 Å². The number of hydrogen-bond acceptors (Lipinski definition) is 2. The average molecular weight is 272 g/mol. The first-order valence-corrected chi connectivity index (χ1v) is 7.33. The van der Waals surface area contributed by atoms with Gasteiger partial charge in [0.2, 0.25) is 5.91 Å². The lowest BCUT2D eigenvalue weighted by molar-refractivity contribution is -0.125. The van der Waals surface area contributed by atoms with E-state index < -0.39 is 0 Å². The van der Waals surface area contributed by atoms with Gasteiger partial charge < -0.3 is 10.2 Å². The van der Waals surface area contributed by atoms with Crippen molar-refractivity contribution in [1.82, 2.24) is 10.2 Å². The minimum absolute atomic E-state index is 0.0189. The quantitative estimate of drug-likeness (QED) is 0.913. The molecule has 1 saturated heterocycles. The lowest BCUT2D eigenvalue weighted by Crippen LogP contribution is -2.46. The molecule has 1 saturated carbocycles. The van der Waals surface area contributed by atoms with Crippen molar-refractivity contribution in [2.24, 2.45) is 0 Å². The highest BCUT2D eigenvalue weighted by atomic mass is 16.2. The van der Waals surface area contributed by atoms with E-state index in [4.69, 9.17) is 0 Å². The number of amides is 2. The summed E-state index contributed by atoms with van der Waals surface area (Å²) in [6.45, 7) is 2.67. The van der Waals surface area contributed by atoms with Crippen molar-refractivity contribution < 1.29 is 9.59 Å². The van der Waals surface area contributed by atoms with Gasteiger partial charge in [-0.25, -0.2) is 0 Å². The van der Waals surface area contributed by atoms with E-state index in [9.17, 15) is 9.59 Å². The fourth-order valence-electron chi connectivity index (χ4n) is 2.67. The Balaban J connectivity index is 1.72. The van der Waals surface area contributed by atoms with E-state index in [1.54, 1.807) is 4.90 Å². The summed E-state index contributed by atoms with van der Waals surface area (Å²) in [5, 5.41) is 3.01. The van der Waals surface area contributed by atoms with Crippen molar-refractivity contribution >= 4 is 11.8 Å². The minimum Gasteiger partial charge on any atom is -0.352 e. The van der Waals surface area contributed by atoms with Crippen LogP contribution in [0.1, 0.15) is 41.6 Å². The number of likely N-dealkylation sites (tertiary alicyclic amines) is 1. The summed E-state index contributed by atoms with van der Waals surface area (Å²) in [6, 6.07) is 7.60. The Morgan fingerprint density at radius 1 is 1.15 bits per heavy atom. The van der Waals surface area contributed by atoms with E-state index >= 15 is 0 Å². The average Bonchev–Trinajstić information content (AvgIpc) is 3.11. The van der Waals surface area contributed by atoms with Gasteiger partial charge in [0.25, 0.3) is 5.91 Å². The highest BCUT2D eigenvalue weighted by Crippen LogP contribution is 2.23. The number of aryl methyl sites for hydroxylation is 1. The van der Waals surface area contributed by atoms with Crippen LogP contribution in [0.2, 0.25) is 0 Å². The van der Waals surface area contributed by atoms with Crippen LogP contribution in [0.3, 0.4) is 0 Å². The molecule has 4 heteroatoms. The third kappa shape index (κ3) is 2.69. The molecule has 1 aromatic rings. The Morgan fingerprint density at radius 2 is 1.85 bits per heavy atom. The van der Waals surface area contributed by atoms with Gasteiger partial charge in [0, 0.05) is 18.2 Å². The minimum atomic E-state index is -0.288. The summed E-state index contributed by atoms with van der Waals surface area (Å²) >= 11 is 0. The molecule has 2 fully saturated rings. The van der Waals surface area contributed by atoms with Crippen LogP contribution in [0.25, 0.3) is 0 Å². The topological polar surface area (TPSA) is 49.4 Å². The summed E-state index contributed by atoms with van der Waals surface area (Å²) in [7, 11) is 0. The number of carbonyl (C=O) groups excluding carboxylic acids is 2. The predicted octanol–water partition coefficient (Wildman–Crippen LogP) is 1.88. The molecule has 3 rings (SSSR count). The molecule has 1 N–H and O–H groups in total. The Morgan fingerprint density at radius 3 is 2.50 bits per heavy atom. The molecule has 0 spiro atoms. The highest BCUT2D eigenvalue weighted by molar-refractivity contribution is 5.98. The normalized spacial score (nSPS) is 21.9. The summed E-state index contributed by atoms with van der Waals surface area (Å²) in [6.07, 6.45) is 3.82. The van der Waals surface area contributed by atoms with Gasteiger partial charge in [-0.15, -0.1) is 0 Å². The zero-order chi connectivity index (χ0) is 14.1. The molecule has 106 valence electrons. The first-order valence-electron chi connectivity index (χ1n) is 7.33. The van der Waals surface area contributed by atoms with Crippen LogP contribution in [0, 0.1) is 6.92 Å². The fraction of sp³-hybridized carbons (Fsp3) is 0.500. The maximum Gasteiger partial charge on any atom is 0.254 e. The van der Waals surface area contributed by atoms with Crippen molar-refractivity contribution in [3.63, 3.8) is 0 Å². The Labute approximate surface area is 119 Å². The molecular formula is C16H20N2O2. The number of nitrogens with zero attached hydrogens (tertiary/aromatic N) is 1. The zero-order valence-electron chi connectivity index (χ0n) is 11.8. The molecule has 20 heavy (non-hydrogen) atoms. The van der Waals surface area contributed by atoms with E-state index in [-0.39, 0.29) is 17.9 Å².